The lowest BCUT2D eigenvalue weighted by Crippen LogP contribution is -2.05. The summed E-state index contributed by atoms with van der Waals surface area (Å²) in [5.74, 6) is -1.51. The average Bonchev–Trinajstić information content (AvgIpc) is 2.55. The topological polar surface area (TPSA) is 104 Å². The van der Waals surface area contributed by atoms with E-state index in [-0.39, 0.29) is 26.8 Å². The zero-order chi connectivity index (χ0) is 18.6. The van der Waals surface area contributed by atoms with E-state index in [0.717, 1.165) is 0 Å². The van der Waals surface area contributed by atoms with Crippen molar-refractivity contribution in [1.82, 2.24) is 4.98 Å². The Kier molecular flexibility index (Phi) is 6.19. The number of benzene rings is 1. The molecule has 0 radical (unpaired) electrons. The molecule has 0 bridgehead atoms. The molecule has 0 aliphatic carbocycles. The van der Waals surface area contributed by atoms with Crippen molar-refractivity contribution >= 4 is 64.3 Å². The summed E-state index contributed by atoms with van der Waals surface area (Å²) in [6.45, 7) is 1.41. The summed E-state index contributed by atoms with van der Waals surface area (Å²) in [7, 11) is 0. The van der Waals surface area contributed by atoms with Crippen LogP contribution in [0.15, 0.2) is 29.4 Å². The molecule has 0 atom stereocenters. The molecular weight excluding hydrogens is 391 g/mol. The van der Waals surface area contributed by atoms with E-state index in [4.69, 9.17) is 39.9 Å². The van der Waals surface area contributed by atoms with Gasteiger partial charge in [0, 0.05) is 12.6 Å². The van der Waals surface area contributed by atoms with Crippen molar-refractivity contribution in [3.63, 3.8) is 0 Å². The molecule has 3 N–H and O–H groups in total. The second kappa shape index (κ2) is 8.15. The van der Waals surface area contributed by atoms with Gasteiger partial charge in [0.1, 0.15) is 10.0 Å². The quantitative estimate of drug-likeness (QED) is 0.397. The summed E-state index contributed by atoms with van der Waals surface area (Å²) in [5, 5.41) is 15.2. The highest BCUT2D eigenvalue weighted by Gasteiger charge is 2.20. The Morgan fingerprint density at radius 3 is 2.36 bits per heavy atom. The number of aromatic carboxylic acids is 1. The molecule has 0 spiro atoms. The SMILES string of the molecule is CC(=O)Nc1ccc(/C=N\Nc2c(Cl)c(Cl)nc(C(=O)O)c2Cl)cc1. The summed E-state index contributed by atoms with van der Waals surface area (Å²) in [6, 6.07) is 6.85. The van der Waals surface area contributed by atoms with Crippen molar-refractivity contribution in [1.29, 1.82) is 0 Å². The van der Waals surface area contributed by atoms with Crippen molar-refractivity contribution < 1.29 is 14.7 Å². The molecule has 1 amide bonds. The Morgan fingerprint density at radius 1 is 1.16 bits per heavy atom. The maximum Gasteiger partial charge on any atom is 0.356 e. The molecule has 0 saturated heterocycles. The molecule has 0 saturated carbocycles. The van der Waals surface area contributed by atoms with Crippen LogP contribution in [0, 0.1) is 0 Å². The van der Waals surface area contributed by atoms with Crippen molar-refractivity contribution in [2.75, 3.05) is 10.7 Å². The Labute approximate surface area is 157 Å². The molecule has 7 nitrogen and oxygen atoms in total. The number of anilines is 2. The molecule has 1 aromatic carbocycles. The van der Waals surface area contributed by atoms with Crippen LogP contribution in [0.4, 0.5) is 11.4 Å². The Hall–Kier alpha value is -2.35. The van der Waals surface area contributed by atoms with Gasteiger partial charge in [0.25, 0.3) is 0 Å². The Balaban J connectivity index is 2.19. The number of carboxylic acid groups (broad SMARTS) is 1. The van der Waals surface area contributed by atoms with Gasteiger partial charge in [-0.3, -0.25) is 10.2 Å². The summed E-state index contributed by atoms with van der Waals surface area (Å²) in [5.41, 5.74) is 3.52. The predicted octanol–water partition coefficient (Wildman–Crippen LogP) is 4.14. The number of hydrazone groups is 1. The molecule has 130 valence electrons. The molecular formula is C15H11Cl3N4O3. The first-order valence-corrected chi connectivity index (χ1v) is 7.87. The van der Waals surface area contributed by atoms with E-state index < -0.39 is 11.7 Å². The van der Waals surface area contributed by atoms with Gasteiger partial charge >= 0.3 is 5.97 Å². The van der Waals surface area contributed by atoms with Crippen LogP contribution < -0.4 is 10.7 Å². The van der Waals surface area contributed by atoms with Crippen LogP contribution in [-0.4, -0.2) is 28.2 Å². The first-order valence-electron chi connectivity index (χ1n) is 6.74. The van der Waals surface area contributed by atoms with E-state index in [0.29, 0.717) is 11.3 Å². The van der Waals surface area contributed by atoms with Crippen LogP contribution in [0.5, 0.6) is 0 Å². The molecule has 0 aliphatic heterocycles. The molecule has 0 fully saturated rings. The maximum atomic E-state index is 11.1. The summed E-state index contributed by atoms with van der Waals surface area (Å²) < 4.78 is 0. The van der Waals surface area contributed by atoms with E-state index >= 15 is 0 Å². The number of aromatic nitrogens is 1. The molecule has 0 aliphatic rings. The number of rotatable bonds is 5. The van der Waals surface area contributed by atoms with Crippen molar-refractivity contribution in [2.24, 2.45) is 5.10 Å². The fraction of sp³-hybridized carbons (Fsp3) is 0.0667. The molecule has 10 heteroatoms. The second-order valence-electron chi connectivity index (χ2n) is 4.73. The number of amides is 1. The van der Waals surface area contributed by atoms with Crippen molar-refractivity contribution in [2.45, 2.75) is 6.92 Å². The number of hydrogen-bond donors (Lipinski definition) is 3. The third kappa shape index (κ3) is 4.82. The second-order valence-corrected chi connectivity index (χ2v) is 5.85. The van der Waals surface area contributed by atoms with Crippen LogP contribution in [0.3, 0.4) is 0 Å². The summed E-state index contributed by atoms with van der Waals surface area (Å²) in [6.07, 6.45) is 1.46. The fourth-order valence-corrected chi connectivity index (χ4v) is 2.45. The minimum absolute atomic E-state index is 0.0341. The lowest BCUT2D eigenvalue weighted by Gasteiger charge is -2.09. The maximum absolute atomic E-state index is 11.1. The lowest BCUT2D eigenvalue weighted by molar-refractivity contribution is -0.114. The number of carbonyl (C=O) groups is 2. The predicted molar refractivity (Wildman–Crippen MR) is 98.2 cm³/mol. The third-order valence-corrected chi connectivity index (χ3v) is 3.97. The van der Waals surface area contributed by atoms with Crippen molar-refractivity contribution in [3.8, 4) is 0 Å². The van der Waals surface area contributed by atoms with Gasteiger partial charge in [-0.05, 0) is 17.7 Å². The third-order valence-electron chi connectivity index (χ3n) is 2.86. The standard InChI is InChI=1S/C15H11Cl3N4O3/c1-7(23)20-9-4-2-8(3-5-9)6-19-22-12-10(16)13(15(24)25)21-14(18)11(12)17/h2-6H,1H3,(H,20,23)(H,21,22)(H,24,25)/b19-6-. The molecule has 2 aromatic rings. The fourth-order valence-electron chi connectivity index (χ4n) is 1.78. The van der Waals surface area contributed by atoms with Gasteiger partial charge in [-0.15, -0.1) is 0 Å². The number of halogens is 3. The van der Waals surface area contributed by atoms with Gasteiger partial charge < -0.3 is 10.4 Å². The highest BCUT2D eigenvalue weighted by Crippen LogP contribution is 2.36. The van der Waals surface area contributed by atoms with Gasteiger partial charge in [-0.25, -0.2) is 9.78 Å². The summed E-state index contributed by atoms with van der Waals surface area (Å²) in [4.78, 5) is 25.7. The van der Waals surface area contributed by atoms with E-state index in [9.17, 15) is 9.59 Å². The summed E-state index contributed by atoms with van der Waals surface area (Å²) >= 11 is 17.7. The number of hydrogen-bond acceptors (Lipinski definition) is 5. The van der Waals surface area contributed by atoms with Gasteiger partial charge in [-0.1, -0.05) is 46.9 Å². The zero-order valence-corrected chi connectivity index (χ0v) is 14.9. The first-order chi connectivity index (χ1) is 11.8. The van der Waals surface area contributed by atoms with E-state index in [2.05, 4.69) is 20.8 Å². The smallest absolute Gasteiger partial charge is 0.356 e. The van der Waals surface area contributed by atoms with Crippen LogP contribution in [0.25, 0.3) is 0 Å². The largest absolute Gasteiger partial charge is 0.476 e. The molecule has 2 rings (SSSR count). The van der Waals surface area contributed by atoms with Crippen LogP contribution in [0.2, 0.25) is 15.2 Å². The minimum atomic E-state index is -1.34. The Bertz CT molecular complexity index is 854. The first kappa shape index (κ1) is 19.0. The molecule has 1 heterocycles. The number of nitrogens with one attached hydrogen (secondary N) is 2. The normalized spacial score (nSPS) is 10.7. The van der Waals surface area contributed by atoms with Gasteiger partial charge in [-0.2, -0.15) is 5.10 Å². The number of carboxylic acids is 1. The highest BCUT2D eigenvalue weighted by atomic mass is 35.5. The molecule has 25 heavy (non-hydrogen) atoms. The van der Waals surface area contributed by atoms with E-state index in [1.54, 1.807) is 24.3 Å². The van der Waals surface area contributed by atoms with Crippen LogP contribution in [0.1, 0.15) is 23.0 Å². The molecule has 1 aromatic heterocycles. The number of pyridine rings is 1. The monoisotopic (exact) mass is 400 g/mol. The number of nitrogens with zero attached hydrogens (tertiary/aromatic N) is 2. The van der Waals surface area contributed by atoms with Gasteiger partial charge in [0.2, 0.25) is 5.91 Å². The lowest BCUT2D eigenvalue weighted by atomic mass is 10.2. The highest BCUT2D eigenvalue weighted by molar-refractivity contribution is 6.46. The van der Waals surface area contributed by atoms with Gasteiger partial charge in [0.15, 0.2) is 10.8 Å². The minimum Gasteiger partial charge on any atom is -0.476 e. The zero-order valence-electron chi connectivity index (χ0n) is 12.7. The molecule has 0 unspecified atom stereocenters. The van der Waals surface area contributed by atoms with Crippen molar-refractivity contribution in [3.05, 3.63) is 50.7 Å². The van der Waals surface area contributed by atoms with E-state index in [1.807, 2.05) is 0 Å². The Morgan fingerprint density at radius 2 is 1.80 bits per heavy atom. The number of carbonyl (C=O) groups excluding carboxylic acids is 1. The van der Waals surface area contributed by atoms with E-state index in [1.165, 1.54) is 13.1 Å². The van der Waals surface area contributed by atoms with Crippen LogP contribution >= 0.6 is 34.8 Å². The average molecular weight is 402 g/mol. The van der Waals surface area contributed by atoms with Gasteiger partial charge in [0.05, 0.1) is 11.9 Å². The van der Waals surface area contributed by atoms with Crippen LogP contribution in [-0.2, 0) is 4.79 Å².